The molecule has 0 atom stereocenters. The summed E-state index contributed by atoms with van der Waals surface area (Å²) < 4.78 is 0. The van der Waals surface area contributed by atoms with Crippen LogP contribution in [0.25, 0.3) is 0 Å². The molecule has 6 heteroatoms. The highest BCUT2D eigenvalue weighted by molar-refractivity contribution is 6.30. The summed E-state index contributed by atoms with van der Waals surface area (Å²) >= 11 is 5.94. The zero-order valence-electron chi connectivity index (χ0n) is 12.2. The molecule has 0 heterocycles. The predicted octanol–water partition coefficient (Wildman–Crippen LogP) is 1.53. The lowest BCUT2D eigenvalue weighted by molar-refractivity contribution is -0.122. The number of guanidine groups is 1. The number of nitrogens with one attached hydrogen (secondary N) is 3. The first-order valence-corrected chi connectivity index (χ1v) is 7.53. The average Bonchev–Trinajstić information content (AvgIpc) is 3.31. The molecule has 21 heavy (non-hydrogen) atoms. The predicted molar refractivity (Wildman–Crippen MR) is 85.4 cm³/mol. The lowest BCUT2D eigenvalue weighted by Crippen LogP contribution is -2.41. The van der Waals surface area contributed by atoms with Gasteiger partial charge in [0.05, 0.1) is 0 Å². The van der Waals surface area contributed by atoms with E-state index in [0.29, 0.717) is 25.6 Å². The van der Waals surface area contributed by atoms with E-state index in [0.717, 1.165) is 23.4 Å². The molecule has 1 fully saturated rings. The van der Waals surface area contributed by atoms with E-state index in [-0.39, 0.29) is 11.8 Å². The Hall–Kier alpha value is -1.75. The molecule has 0 radical (unpaired) electrons. The summed E-state index contributed by atoms with van der Waals surface area (Å²) in [6.07, 6.45) is 2.06. The first kappa shape index (κ1) is 15.6. The van der Waals surface area contributed by atoms with E-state index >= 15 is 0 Å². The second kappa shape index (κ2) is 7.88. The Morgan fingerprint density at radius 1 is 1.29 bits per heavy atom. The van der Waals surface area contributed by atoms with Crippen LogP contribution < -0.4 is 16.0 Å². The number of carbonyl (C=O) groups is 1. The van der Waals surface area contributed by atoms with E-state index in [1.165, 1.54) is 0 Å². The molecule has 1 saturated carbocycles. The molecule has 1 aromatic carbocycles. The summed E-state index contributed by atoms with van der Waals surface area (Å²) in [5.41, 5.74) is 1.09. The van der Waals surface area contributed by atoms with Gasteiger partial charge < -0.3 is 16.0 Å². The largest absolute Gasteiger partial charge is 0.355 e. The van der Waals surface area contributed by atoms with Crippen LogP contribution in [0.5, 0.6) is 0 Å². The minimum atomic E-state index is 0.165. The number of hydrogen-bond acceptors (Lipinski definition) is 2. The van der Waals surface area contributed by atoms with E-state index in [9.17, 15) is 4.79 Å². The molecule has 114 valence electrons. The highest BCUT2D eigenvalue weighted by Crippen LogP contribution is 2.28. The van der Waals surface area contributed by atoms with Gasteiger partial charge in [0.1, 0.15) is 0 Å². The highest BCUT2D eigenvalue weighted by Gasteiger charge is 2.28. The van der Waals surface area contributed by atoms with Gasteiger partial charge in [0.2, 0.25) is 5.91 Å². The van der Waals surface area contributed by atoms with E-state index in [4.69, 9.17) is 11.6 Å². The zero-order valence-corrected chi connectivity index (χ0v) is 12.9. The van der Waals surface area contributed by atoms with E-state index < -0.39 is 0 Å². The molecule has 0 saturated heterocycles. The van der Waals surface area contributed by atoms with Gasteiger partial charge in [-0.05, 0) is 30.5 Å². The fourth-order valence-electron chi connectivity index (χ4n) is 1.91. The van der Waals surface area contributed by atoms with Crippen molar-refractivity contribution in [3.63, 3.8) is 0 Å². The van der Waals surface area contributed by atoms with Gasteiger partial charge in [0, 0.05) is 37.6 Å². The third kappa shape index (κ3) is 5.63. The van der Waals surface area contributed by atoms with Crippen molar-refractivity contribution in [1.29, 1.82) is 0 Å². The van der Waals surface area contributed by atoms with E-state index in [1.54, 1.807) is 7.05 Å². The van der Waals surface area contributed by atoms with Crippen molar-refractivity contribution >= 4 is 23.5 Å². The lowest BCUT2D eigenvalue weighted by Gasteiger charge is -2.12. The Balaban J connectivity index is 1.64. The number of rotatable bonds is 6. The Morgan fingerprint density at radius 3 is 2.71 bits per heavy atom. The number of aliphatic imine (C=N–C) groups is 1. The minimum absolute atomic E-state index is 0.165. The molecule has 0 aromatic heterocycles. The van der Waals surface area contributed by atoms with Crippen molar-refractivity contribution in [2.45, 2.75) is 19.4 Å². The minimum Gasteiger partial charge on any atom is -0.355 e. The van der Waals surface area contributed by atoms with Crippen LogP contribution in [0, 0.1) is 5.92 Å². The third-order valence-electron chi connectivity index (χ3n) is 3.24. The molecule has 1 amide bonds. The molecular weight excluding hydrogens is 288 g/mol. The molecule has 2 rings (SSSR count). The summed E-state index contributed by atoms with van der Waals surface area (Å²) in [6, 6.07) is 7.68. The maximum absolute atomic E-state index is 11.5. The normalized spacial score (nSPS) is 14.7. The second-order valence-corrected chi connectivity index (χ2v) is 5.48. The van der Waals surface area contributed by atoms with Crippen LogP contribution in [0.4, 0.5) is 0 Å². The van der Waals surface area contributed by atoms with Gasteiger partial charge in [-0.15, -0.1) is 0 Å². The average molecular weight is 309 g/mol. The van der Waals surface area contributed by atoms with Gasteiger partial charge in [0.15, 0.2) is 5.96 Å². The van der Waals surface area contributed by atoms with Crippen LogP contribution >= 0.6 is 11.6 Å². The van der Waals surface area contributed by atoms with Gasteiger partial charge in [-0.1, -0.05) is 23.7 Å². The summed E-state index contributed by atoms with van der Waals surface area (Å²) in [4.78, 5) is 15.6. The molecule has 3 N–H and O–H groups in total. The van der Waals surface area contributed by atoms with Crippen molar-refractivity contribution in [3.05, 3.63) is 34.9 Å². The van der Waals surface area contributed by atoms with Gasteiger partial charge in [-0.25, -0.2) is 0 Å². The topological polar surface area (TPSA) is 65.5 Å². The van der Waals surface area contributed by atoms with Gasteiger partial charge in [0.25, 0.3) is 0 Å². The zero-order chi connectivity index (χ0) is 15.1. The maximum Gasteiger partial charge on any atom is 0.223 e. The van der Waals surface area contributed by atoms with Crippen molar-refractivity contribution < 1.29 is 4.79 Å². The standard InChI is InChI=1S/C15H21ClN4O/c1-17-15(19-8-7-18-14(21)12-5-6-12)20-10-11-3-2-4-13(16)9-11/h2-4,9,12H,5-8,10H2,1H3,(H,18,21)(H2,17,19,20). The van der Waals surface area contributed by atoms with E-state index in [1.807, 2.05) is 24.3 Å². The fraction of sp³-hybridized carbons (Fsp3) is 0.467. The molecular formula is C15H21ClN4O. The Kier molecular flexibility index (Phi) is 5.87. The molecule has 5 nitrogen and oxygen atoms in total. The summed E-state index contributed by atoms with van der Waals surface area (Å²) in [5.74, 6) is 1.12. The third-order valence-corrected chi connectivity index (χ3v) is 3.47. The number of halogens is 1. The van der Waals surface area contributed by atoms with Crippen LogP contribution in [-0.4, -0.2) is 32.0 Å². The molecule has 0 unspecified atom stereocenters. The monoisotopic (exact) mass is 308 g/mol. The molecule has 0 aliphatic heterocycles. The summed E-state index contributed by atoms with van der Waals surface area (Å²) in [7, 11) is 1.72. The molecule has 0 bridgehead atoms. The van der Waals surface area contributed by atoms with Gasteiger partial charge in [-0.2, -0.15) is 0 Å². The van der Waals surface area contributed by atoms with Crippen molar-refractivity contribution in [2.75, 3.05) is 20.1 Å². The number of amides is 1. The van der Waals surface area contributed by atoms with Gasteiger partial charge in [-0.3, -0.25) is 9.79 Å². The van der Waals surface area contributed by atoms with Crippen LogP contribution in [0.1, 0.15) is 18.4 Å². The van der Waals surface area contributed by atoms with E-state index in [2.05, 4.69) is 20.9 Å². The van der Waals surface area contributed by atoms with Crippen LogP contribution in [0.3, 0.4) is 0 Å². The fourth-order valence-corrected chi connectivity index (χ4v) is 2.12. The van der Waals surface area contributed by atoms with Gasteiger partial charge >= 0.3 is 0 Å². The molecule has 1 aliphatic carbocycles. The Bertz CT molecular complexity index is 514. The van der Waals surface area contributed by atoms with Crippen molar-refractivity contribution in [1.82, 2.24) is 16.0 Å². The smallest absolute Gasteiger partial charge is 0.223 e. The number of hydrogen-bond donors (Lipinski definition) is 3. The van der Waals surface area contributed by atoms with Crippen LogP contribution in [-0.2, 0) is 11.3 Å². The second-order valence-electron chi connectivity index (χ2n) is 5.05. The number of carbonyl (C=O) groups excluding carboxylic acids is 1. The summed E-state index contributed by atoms with van der Waals surface area (Å²) in [6.45, 7) is 1.90. The molecule has 1 aliphatic rings. The first-order chi connectivity index (χ1) is 10.2. The lowest BCUT2D eigenvalue weighted by atomic mass is 10.2. The van der Waals surface area contributed by atoms with Crippen molar-refractivity contribution in [3.8, 4) is 0 Å². The number of nitrogens with zero attached hydrogens (tertiary/aromatic N) is 1. The van der Waals surface area contributed by atoms with Crippen molar-refractivity contribution in [2.24, 2.45) is 10.9 Å². The molecule has 1 aromatic rings. The quantitative estimate of drug-likeness (QED) is 0.424. The maximum atomic E-state index is 11.5. The molecule has 0 spiro atoms. The Labute approximate surface area is 130 Å². The Morgan fingerprint density at radius 2 is 2.05 bits per heavy atom. The van der Waals surface area contributed by atoms with Crippen LogP contribution in [0.2, 0.25) is 5.02 Å². The summed E-state index contributed by atoms with van der Waals surface area (Å²) in [5, 5.41) is 9.99. The van der Waals surface area contributed by atoms with Crippen LogP contribution in [0.15, 0.2) is 29.3 Å². The first-order valence-electron chi connectivity index (χ1n) is 7.15. The number of benzene rings is 1. The highest BCUT2D eigenvalue weighted by atomic mass is 35.5. The SMILES string of the molecule is CN=C(NCCNC(=O)C1CC1)NCc1cccc(Cl)c1.